The zero-order valence-electron chi connectivity index (χ0n) is 15.0. The van der Waals surface area contributed by atoms with Gasteiger partial charge >= 0.3 is 0 Å². The molecule has 1 aromatic heterocycles. The highest BCUT2D eigenvalue weighted by Gasteiger charge is 2.26. The molecular formula is C19H22F2N3O2S+. The number of carbonyl (C=O) groups excluding carboxylic acids is 2. The number of hydrogen-bond donors (Lipinski definition) is 1. The van der Waals surface area contributed by atoms with E-state index in [2.05, 4.69) is 0 Å². The van der Waals surface area contributed by atoms with Crippen LogP contribution in [0.2, 0.25) is 0 Å². The lowest BCUT2D eigenvalue weighted by Crippen LogP contribution is -2.87. The predicted octanol–water partition coefficient (Wildman–Crippen LogP) is 1.64. The quantitative estimate of drug-likeness (QED) is 0.838. The SMILES string of the molecule is C[C@@H]([NH2+]CC(=O)N1CCN(C(=O)c2cccs2)CC1)c1ccc(F)cc1F. The van der Waals surface area contributed by atoms with Gasteiger partial charge in [0.05, 0.1) is 4.88 Å². The van der Waals surface area contributed by atoms with Crippen LogP contribution in [0.4, 0.5) is 8.78 Å². The summed E-state index contributed by atoms with van der Waals surface area (Å²) in [6.07, 6.45) is 0. The Bertz CT molecular complexity index is 805. The number of nitrogens with two attached hydrogens (primary N) is 1. The molecule has 5 nitrogen and oxygen atoms in total. The van der Waals surface area contributed by atoms with Gasteiger partial charge < -0.3 is 15.1 Å². The molecule has 1 atom stereocenters. The third-order valence-electron chi connectivity index (χ3n) is 4.75. The second kappa shape index (κ2) is 8.58. The van der Waals surface area contributed by atoms with Crippen molar-refractivity contribution in [3.05, 3.63) is 57.8 Å². The van der Waals surface area contributed by atoms with E-state index in [4.69, 9.17) is 0 Å². The van der Waals surface area contributed by atoms with Crippen LogP contribution in [0.5, 0.6) is 0 Å². The van der Waals surface area contributed by atoms with E-state index in [0.717, 1.165) is 6.07 Å². The van der Waals surface area contributed by atoms with Crippen molar-refractivity contribution >= 4 is 23.2 Å². The maximum atomic E-state index is 13.8. The number of piperazine rings is 1. The fraction of sp³-hybridized carbons (Fsp3) is 0.368. The number of quaternary nitrogens is 1. The van der Waals surface area contributed by atoms with Crippen LogP contribution in [0.1, 0.15) is 28.2 Å². The molecule has 2 amide bonds. The summed E-state index contributed by atoms with van der Waals surface area (Å²) in [4.78, 5) is 28.9. The molecule has 0 saturated carbocycles. The second-order valence-electron chi connectivity index (χ2n) is 6.54. The average Bonchev–Trinajstić information content (AvgIpc) is 3.20. The normalized spacial score (nSPS) is 15.7. The minimum Gasteiger partial charge on any atom is -0.334 e. The summed E-state index contributed by atoms with van der Waals surface area (Å²) >= 11 is 1.41. The number of halogens is 2. The van der Waals surface area contributed by atoms with Crippen molar-refractivity contribution in [2.75, 3.05) is 32.7 Å². The van der Waals surface area contributed by atoms with E-state index < -0.39 is 11.6 Å². The number of thiophene rings is 1. The number of hydrogen-bond acceptors (Lipinski definition) is 3. The maximum absolute atomic E-state index is 13.8. The van der Waals surface area contributed by atoms with Gasteiger partial charge in [0.15, 0.2) is 6.54 Å². The van der Waals surface area contributed by atoms with Crippen molar-refractivity contribution in [1.29, 1.82) is 0 Å². The number of rotatable bonds is 5. The van der Waals surface area contributed by atoms with E-state index in [-0.39, 0.29) is 24.4 Å². The summed E-state index contributed by atoms with van der Waals surface area (Å²) in [6, 6.07) is 6.83. The average molecular weight is 394 g/mol. The van der Waals surface area contributed by atoms with Gasteiger partial charge in [-0.25, -0.2) is 8.78 Å². The largest absolute Gasteiger partial charge is 0.334 e. The van der Waals surface area contributed by atoms with Gasteiger partial charge in [-0.2, -0.15) is 0 Å². The molecule has 144 valence electrons. The van der Waals surface area contributed by atoms with Crippen LogP contribution < -0.4 is 5.32 Å². The summed E-state index contributed by atoms with van der Waals surface area (Å²) in [5.41, 5.74) is 0.371. The standard InChI is InChI=1S/C19H21F2N3O2S/c1-13(15-5-4-14(20)11-16(15)21)22-12-18(25)23-6-8-24(9-7-23)19(26)17-3-2-10-27-17/h2-5,10-11,13,22H,6-9,12H2,1H3/p+1/t13-/m1/s1. The first kappa shape index (κ1) is 19.4. The smallest absolute Gasteiger partial charge is 0.277 e. The predicted molar refractivity (Wildman–Crippen MR) is 98.4 cm³/mol. The zero-order chi connectivity index (χ0) is 19.4. The Labute approximate surface area is 160 Å². The van der Waals surface area contributed by atoms with Crippen molar-refractivity contribution in [2.24, 2.45) is 0 Å². The molecule has 1 aromatic carbocycles. The molecule has 0 radical (unpaired) electrons. The van der Waals surface area contributed by atoms with Gasteiger partial charge in [0, 0.05) is 37.8 Å². The topological polar surface area (TPSA) is 57.2 Å². The highest BCUT2D eigenvalue weighted by Crippen LogP contribution is 2.15. The van der Waals surface area contributed by atoms with Crippen molar-refractivity contribution < 1.29 is 23.7 Å². The van der Waals surface area contributed by atoms with Crippen molar-refractivity contribution in [3.63, 3.8) is 0 Å². The fourth-order valence-electron chi connectivity index (χ4n) is 3.12. The summed E-state index contributed by atoms with van der Waals surface area (Å²) < 4.78 is 26.8. The highest BCUT2D eigenvalue weighted by molar-refractivity contribution is 7.12. The van der Waals surface area contributed by atoms with Crippen LogP contribution in [0.25, 0.3) is 0 Å². The highest BCUT2D eigenvalue weighted by atomic mass is 32.1. The maximum Gasteiger partial charge on any atom is 0.277 e. The number of amides is 2. The molecule has 3 rings (SSSR count). The Hall–Kier alpha value is -2.32. The van der Waals surface area contributed by atoms with Crippen LogP contribution in [0.15, 0.2) is 35.7 Å². The summed E-state index contributed by atoms with van der Waals surface area (Å²) in [5.74, 6) is -1.27. The number of carbonyl (C=O) groups is 2. The Kier molecular flexibility index (Phi) is 6.18. The molecule has 2 aromatic rings. The molecule has 1 fully saturated rings. The minimum absolute atomic E-state index is 0.00377. The molecular weight excluding hydrogens is 372 g/mol. The van der Waals surface area contributed by atoms with Gasteiger partial charge in [-0.05, 0) is 30.5 Å². The summed E-state index contributed by atoms with van der Waals surface area (Å²) in [5, 5.41) is 3.61. The lowest BCUT2D eigenvalue weighted by molar-refractivity contribution is -0.683. The fourth-order valence-corrected chi connectivity index (χ4v) is 3.81. The molecule has 0 bridgehead atoms. The molecule has 1 aliphatic heterocycles. The lowest BCUT2D eigenvalue weighted by atomic mass is 10.1. The Morgan fingerprint density at radius 1 is 1.15 bits per heavy atom. The first-order valence-corrected chi connectivity index (χ1v) is 9.72. The zero-order valence-corrected chi connectivity index (χ0v) is 15.8. The third-order valence-corrected chi connectivity index (χ3v) is 5.61. The van der Waals surface area contributed by atoms with E-state index in [1.54, 1.807) is 28.1 Å². The Morgan fingerprint density at radius 3 is 2.48 bits per heavy atom. The van der Waals surface area contributed by atoms with Crippen molar-refractivity contribution in [2.45, 2.75) is 13.0 Å². The molecule has 0 spiro atoms. The van der Waals surface area contributed by atoms with Crippen molar-refractivity contribution in [3.8, 4) is 0 Å². The van der Waals surface area contributed by atoms with E-state index in [9.17, 15) is 18.4 Å². The molecule has 0 unspecified atom stereocenters. The lowest BCUT2D eigenvalue weighted by Gasteiger charge is -2.34. The molecule has 27 heavy (non-hydrogen) atoms. The first-order valence-electron chi connectivity index (χ1n) is 8.84. The molecule has 1 saturated heterocycles. The van der Waals surface area contributed by atoms with Crippen molar-refractivity contribution in [1.82, 2.24) is 9.80 Å². The number of nitrogens with zero attached hydrogens (tertiary/aromatic N) is 2. The van der Waals surface area contributed by atoms with Crippen LogP contribution in [-0.2, 0) is 4.79 Å². The van der Waals surface area contributed by atoms with Crippen LogP contribution in [0.3, 0.4) is 0 Å². The molecule has 1 aliphatic rings. The van der Waals surface area contributed by atoms with E-state index in [1.807, 2.05) is 11.4 Å². The molecule has 0 aliphatic carbocycles. The second-order valence-corrected chi connectivity index (χ2v) is 7.49. The Balaban J connectivity index is 1.47. The van der Waals surface area contributed by atoms with Gasteiger partial charge in [-0.3, -0.25) is 9.59 Å². The van der Waals surface area contributed by atoms with Gasteiger partial charge in [0.1, 0.15) is 17.7 Å². The minimum atomic E-state index is -0.616. The number of benzene rings is 1. The summed E-state index contributed by atoms with van der Waals surface area (Å²) in [7, 11) is 0. The van der Waals surface area contributed by atoms with Crippen LogP contribution >= 0.6 is 11.3 Å². The first-order chi connectivity index (χ1) is 13.0. The van der Waals surface area contributed by atoms with Gasteiger partial charge in [0.2, 0.25) is 0 Å². The molecule has 8 heteroatoms. The van der Waals surface area contributed by atoms with Gasteiger partial charge in [0.25, 0.3) is 11.8 Å². The molecule has 2 N–H and O–H groups in total. The third kappa shape index (κ3) is 4.70. The monoisotopic (exact) mass is 394 g/mol. The van der Waals surface area contributed by atoms with E-state index in [1.165, 1.54) is 23.5 Å². The van der Waals surface area contributed by atoms with Crippen LogP contribution in [0, 0.1) is 11.6 Å². The van der Waals surface area contributed by atoms with Gasteiger partial charge in [-0.15, -0.1) is 11.3 Å². The van der Waals surface area contributed by atoms with E-state index in [0.29, 0.717) is 36.6 Å². The van der Waals surface area contributed by atoms with Gasteiger partial charge in [-0.1, -0.05) is 6.07 Å². The van der Waals surface area contributed by atoms with E-state index >= 15 is 0 Å². The molecule has 2 heterocycles. The summed E-state index contributed by atoms with van der Waals surface area (Å²) in [6.45, 7) is 3.94. The Morgan fingerprint density at radius 2 is 1.85 bits per heavy atom. The van der Waals surface area contributed by atoms with Crippen LogP contribution in [-0.4, -0.2) is 54.3 Å².